The number of thiocarbonyl (C=S) groups is 1. The third-order valence-electron chi connectivity index (χ3n) is 2.58. The van der Waals surface area contributed by atoms with E-state index in [-0.39, 0.29) is 5.82 Å². The third kappa shape index (κ3) is 4.85. The van der Waals surface area contributed by atoms with E-state index in [1.165, 1.54) is 12.1 Å². The van der Waals surface area contributed by atoms with Crippen molar-refractivity contribution in [1.82, 2.24) is 5.43 Å². The summed E-state index contributed by atoms with van der Waals surface area (Å²) in [4.78, 5) is 0. The summed E-state index contributed by atoms with van der Waals surface area (Å²) in [6.07, 6.45) is 1.63. The first-order valence-electron chi connectivity index (χ1n) is 6.17. The van der Waals surface area contributed by atoms with Gasteiger partial charge in [0.25, 0.3) is 0 Å². The van der Waals surface area contributed by atoms with Crippen LogP contribution < -0.4 is 15.5 Å². The summed E-state index contributed by atoms with van der Waals surface area (Å²) in [5, 5.41) is 7.24. The zero-order valence-electron chi connectivity index (χ0n) is 11.3. The fourth-order valence-electron chi connectivity index (χ4n) is 1.58. The molecule has 2 N–H and O–H groups in total. The second-order valence-electron chi connectivity index (χ2n) is 4.11. The number of hydrogen-bond donors (Lipinski definition) is 2. The SMILES string of the molecule is COc1cccc(C=NNC(=S)Nc2ccc(F)cc2)c1. The van der Waals surface area contributed by atoms with Crippen LogP contribution in [0, 0.1) is 5.82 Å². The Morgan fingerprint density at radius 2 is 2.00 bits per heavy atom. The molecule has 4 nitrogen and oxygen atoms in total. The normalized spacial score (nSPS) is 10.4. The number of nitrogens with one attached hydrogen (secondary N) is 2. The molecule has 0 saturated heterocycles. The summed E-state index contributed by atoms with van der Waals surface area (Å²) in [6.45, 7) is 0. The zero-order valence-corrected chi connectivity index (χ0v) is 12.2. The lowest BCUT2D eigenvalue weighted by atomic mass is 10.2. The van der Waals surface area contributed by atoms with Crippen LogP contribution in [0.25, 0.3) is 0 Å². The van der Waals surface area contributed by atoms with Crippen LogP contribution in [0.15, 0.2) is 53.6 Å². The maximum Gasteiger partial charge on any atom is 0.191 e. The second-order valence-corrected chi connectivity index (χ2v) is 4.52. The van der Waals surface area contributed by atoms with Crippen molar-refractivity contribution >= 4 is 29.2 Å². The van der Waals surface area contributed by atoms with Gasteiger partial charge in [0, 0.05) is 5.69 Å². The van der Waals surface area contributed by atoms with Crippen LogP contribution in [-0.2, 0) is 0 Å². The Morgan fingerprint density at radius 3 is 2.71 bits per heavy atom. The number of halogens is 1. The third-order valence-corrected chi connectivity index (χ3v) is 2.77. The Morgan fingerprint density at radius 1 is 1.24 bits per heavy atom. The molecule has 0 aliphatic carbocycles. The van der Waals surface area contributed by atoms with E-state index in [2.05, 4.69) is 15.8 Å². The minimum absolute atomic E-state index is 0.296. The van der Waals surface area contributed by atoms with Gasteiger partial charge in [-0.05, 0) is 54.2 Å². The number of rotatable bonds is 4. The van der Waals surface area contributed by atoms with Crippen molar-refractivity contribution in [3.8, 4) is 5.75 Å². The summed E-state index contributed by atoms with van der Waals surface area (Å²) >= 11 is 5.08. The molecule has 0 amide bonds. The van der Waals surface area contributed by atoms with E-state index in [0.717, 1.165) is 11.3 Å². The average Bonchev–Trinajstić information content (AvgIpc) is 2.50. The van der Waals surface area contributed by atoms with Crippen LogP contribution in [0.2, 0.25) is 0 Å². The van der Waals surface area contributed by atoms with Gasteiger partial charge in [-0.25, -0.2) is 4.39 Å². The number of ether oxygens (including phenoxy) is 1. The van der Waals surface area contributed by atoms with E-state index in [1.807, 2.05) is 24.3 Å². The molecule has 21 heavy (non-hydrogen) atoms. The number of methoxy groups -OCH3 is 1. The average molecular weight is 303 g/mol. The number of nitrogens with zero attached hydrogens (tertiary/aromatic N) is 1. The largest absolute Gasteiger partial charge is 0.497 e. The van der Waals surface area contributed by atoms with Gasteiger partial charge < -0.3 is 10.1 Å². The van der Waals surface area contributed by atoms with E-state index in [1.54, 1.807) is 25.5 Å². The fourth-order valence-corrected chi connectivity index (χ4v) is 1.75. The number of hydrogen-bond acceptors (Lipinski definition) is 3. The van der Waals surface area contributed by atoms with Crippen LogP contribution in [0.1, 0.15) is 5.56 Å². The predicted octanol–water partition coefficient (Wildman–Crippen LogP) is 3.15. The Labute approximate surface area is 127 Å². The number of benzene rings is 2. The van der Waals surface area contributed by atoms with Crippen molar-refractivity contribution in [2.24, 2.45) is 5.10 Å². The molecule has 0 fully saturated rings. The molecule has 0 aliphatic rings. The summed E-state index contributed by atoms with van der Waals surface area (Å²) in [5.74, 6) is 0.460. The lowest BCUT2D eigenvalue weighted by Crippen LogP contribution is -2.23. The van der Waals surface area contributed by atoms with Crippen LogP contribution in [-0.4, -0.2) is 18.4 Å². The van der Waals surface area contributed by atoms with Crippen molar-refractivity contribution in [1.29, 1.82) is 0 Å². The molecule has 2 aromatic rings. The maximum absolute atomic E-state index is 12.8. The van der Waals surface area contributed by atoms with Gasteiger partial charge in [-0.2, -0.15) is 5.10 Å². The van der Waals surface area contributed by atoms with Crippen LogP contribution >= 0.6 is 12.2 Å². The topological polar surface area (TPSA) is 45.6 Å². The fraction of sp³-hybridized carbons (Fsp3) is 0.0667. The monoisotopic (exact) mass is 303 g/mol. The summed E-state index contributed by atoms with van der Waals surface area (Å²) in [6, 6.07) is 13.4. The van der Waals surface area contributed by atoms with Crippen LogP contribution in [0.4, 0.5) is 10.1 Å². The second kappa shape index (κ2) is 7.35. The van der Waals surface area contributed by atoms with E-state index < -0.39 is 0 Å². The Kier molecular flexibility index (Phi) is 5.22. The van der Waals surface area contributed by atoms with E-state index >= 15 is 0 Å². The van der Waals surface area contributed by atoms with Gasteiger partial charge >= 0.3 is 0 Å². The molecular formula is C15H14FN3OS. The first-order valence-corrected chi connectivity index (χ1v) is 6.58. The predicted molar refractivity (Wildman–Crippen MR) is 86.3 cm³/mol. The highest BCUT2D eigenvalue weighted by atomic mass is 32.1. The quantitative estimate of drug-likeness (QED) is 0.517. The van der Waals surface area contributed by atoms with Crippen LogP contribution in [0.5, 0.6) is 5.75 Å². The Balaban J connectivity index is 1.88. The minimum Gasteiger partial charge on any atom is -0.497 e. The molecule has 0 heterocycles. The lowest BCUT2D eigenvalue weighted by Gasteiger charge is -2.06. The summed E-state index contributed by atoms with van der Waals surface area (Å²) < 4.78 is 17.9. The van der Waals surface area contributed by atoms with Crippen molar-refractivity contribution < 1.29 is 9.13 Å². The molecule has 2 aromatic carbocycles. The molecule has 0 atom stereocenters. The molecule has 0 aromatic heterocycles. The first-order chi connectivity index (χ1) is 10.2. The Bertz CT molecular complexity index is 644. The van der Waals surface area contributed by atoms with Crippen molar-refractivity contribution in [3.63, 3.8) is 0 Å². The smallest absolute Gasteiger partial charge is 0.191 e. The molecule has 0 unspecified atom stereocenters. The lowest BCUT2D eigenvalue weighted by molar-refractivity contribution is 0.415. The molecule has 6 heteroatoms. The van der Waals surface area contributed by atoms with Crippen molar-refractivity contribution in [2.45, 2.75) is 0 Å². The van der Waals surface area contributed by atoms with Crippen molar-refractivity contribution in [2.75, 3.05) is 12.4 Å². The first kappa shape index (κ1) is 14.9. The van der Waals surface area contributed by atoms with Crippen molar-refractivity contribution in [3.05, 3.63) is 59.9 Å². The van der Waals surface area contributed by atoms with Gasteiger partial charge in [0.2, 0.25) is 0 Å². The van der Waals surface area contributed by atoms with Gasteiger partial charge in [0.1, 0.15) is 11.6 Å². The standard InChI is InChI=1S/C15H14FN3OS/c1-20-14-4-2-3-11(9-14)10-17-19-15(21)18-13-7-5-12(16)6-8-13/h2-10H,1H3,(H2,18,19,21). The van der Waals surface area contributed by atoms with Gasteiger partial charge in [0.05, 0.1) is 13.3 Å². The van der Waals surface area contributed by atoms with Crippen LogP contribution in [0.3, 0.4) is 0 Å². The zero-order chi connectivity index (χ0) is 15.1. The van der Waals surface area contributed by atoms with E-state index in [0.29, 0.717) is 10.8 Å². The molecule has 0 aliphatic heterocycles. The summed E-state index contributed by atoms with van der Waals surface area (Å²) in [5.41, 5.74) is 4.25. The maximum atomic E-state index is 12.8. The van der Waals surface area contributed by atoms with Gasteiger partial charge in [0.15, 0.2) is 5.11 Å². The van der Waals surface area contributed by atoms with Gasteiger partial charge in [-0.3, -0.25) is 5.43 Å². The number of hydrazone groups is 1. The highest BCUT2D eigenvalue weighted by molar-refractivity contribution is 7.80. The highest BCUT2D eigenvalue weighted by Crippen LogP contribution is 2.10. The highest BCUT2D eigenvalue weighted by Gasteiger charge is 1.97. The number of anilines is 1. The molecule has 0 saturated carbocycles. The Hall–Kier alpha value is -2.47. The molecule has 0 radical (unpaired) electrons. The molecule has 0 bridgehead atoms. The summed E-state index contributed by atoms with van der Waals surface area (Å²) in [7, 11) is 1.61. The molecule has 2 rings (SSSR count). The van der Waals surface area contributed by atoms with Gasteiger partial charge in [-0.1, -0.05) is 12.1 Å². The van der Waals surface area contributed by atoms with Gasteiger partial charge in [-0.15, -0.1) is 0 Å². The minimum atomic E-state index is -0.296. The van der Waals surface area contributed by atoms with E-state index in [9.17, 15) is 4.39 Å². The molecular weight excluding hydrogens is 289 g/mol. The van der Waals surface area contributed by atoms with E-state index in [4.69, 9.17) is 17.0 Å². The molecule has 0 spiro atoms. The molecule has 108 valence electrons.